The van der Waals surface area contributed by atoms with E-state index in [1.165, 1.54) is 25.0 Å². The summed E-state index contributed by atoms with van der Waals surface area (Å²) in [5.41, 5.74) is 0.408. The van der Waals surface area contributed by atoms with Gasteiger partial charge in [0.2, 0.25) is 0 Å². The summed E-state index contributed by atoms with van der Waals surface area (Å²) in [5.74, 6) is 1.68. The van der Waals surface area contributed by atoms with Crippen LogP contribution in [-0.4, -0.2) is 45.1 Å². The van der Waals surface area contributed by atoms with Crippen LogP contribution in [0, 0.1) is 11.2 Å². The summed E-state index contributed by atoms with van der Waals surface area (Å²) in [5, 5.41) is 6.82. The Hall–Kier alpha value is -1.27. The van der Waals surface area contributed by atoms with E-state index in [1.807, 2.05) is 26.1 Å². The van der Waals surface area contributed by atoms with Gasteiger partial charge in [-0.1, -0.05) is 0 Å². The highest BCUT2D eigenvalue weighted by atomic mass is 32.2. The molecule has 4 nitrogen and oxygen atoms in total. The maximum absolute atomic E-state index is 12.9. The molecular formula is C19H30FN3OS. The second-order valence-electron chi connectivity index (χ2n) is 6.46. The average molecular weight is 368 g/mol. The molecule has 0 heterocycles. The first-order valence-corrected chi connectivity index (χ1v) is 10.1. The molecule has 0 saturated heterocycles. The lowest BCUT2D eigenvalue weighted by Gasteiger charge is -2.18. The fraction of sp³-hybridized carbons (Fsp3) is 0.632. The molecule has 0 bridgehead atoms. The van der Waals surface area contributed by atoms with Gasteiger partial charge in [0, 0.05) is 38.2 Å². The van der Waals surface area contributed by atoms with Crippen LogP contribution >= 0.6 is 11.8 Å². The largest absolute Gasteiger partial charge is 0.382 e. The number of nitrogens with zero attached hydrogens (tertiary/aromatic N) is 1. The molecule has 1 aliphatic carbocycles. The molecule has 0 amide bonds. The number of thioether (sulfide) groups is 1. The van der Waals surface area contributed by atoms with Crippen LogP contribution < -0.4 is 10.6 Å². The van der Waals surface area contributed by atoms with Crippen molar-refractivity contribution in [2.75, 3.05) is 39.1 Å². The number of ether oxygens (including phenoxy) is 1. The van der Waals surface area contributed by atoms with E-state index < -0.39 is 0 Å². The number of nitrogens with one attached hydrogen (secondary N) is 2. The van der Waals surface area contributed by atoms with E-state index in [-0.39, 0.29) is 5.82 Å². The minimum Gasteiger partial charge on any atom is -0.382 e. The van der Waals surface area contributed by atoms with Crippen LogP contribution in [0.4, 0.5) is 4.39 Å². The Morgan fingerprint density at radius 1 is 1.28 bits per heavy atom. The fourth-order valence-electron chi connectivity index (χ4n) is 2.62. The first-order valence-electron chi connectivity index (χ1n) is 9.08. The smallest absolute Gasteiger partial charge is 0.190 e. The molecule has 25 heavy (non-hydrogen) atoms. The molecule has 2 rings (SSSR count). The molecule has 6 heteroatoms. The topological polar surface area (TPSA) is 45.6 Å². The minimum atomic E-state index is -0.185. The summed E-state index contributed by atoms with van der Waals surface area (Å²) in [7, 11) is 1.81. The van der Waals surface area contributed by atoms with Crippen molar-refractivity contribution in [3.05, 3.63) is 30.1 Å². The van der Waals surface area contributed by atoms with Crippen LogP contribution in [0.25, 0.3) is 0 Å². The van der Waals surface area contributed by atoms with E-state index in [4.69, 9.17) is 4.74 Å². The van der Waals surface area contributed by atoms with Crippen molar-refractivity contribution in [3.8, 4) is 0 Å². The predicted molar refractivity (Wildman–Crippen MR) is 104 cm³/mol. The van der Waals surface area contributed by atoms with Gasteiger partial charge in [-0.15, -0.1) is 11.8 Å². The summed E-state index contributed by atoms with van der Waals surface area (Å²) >= 11 is 1.75. The standard InChI is InChI=1S/C19H30FN3OS/c1-3-24-13-11-19(9-10-19)15-23-18(21-2)22-12-4-14-25-17-7-5-16(20)6-8-17/h5-8H,3-4,9-15H2,1-2H3,(H2,21,22,23). The highest BCUT2D eigenvalue weighted by molar-refractivity contribution is 7.99. The van der Waals surface area contributed by atoms with Crippen LogP contribution in [0.1, 0.15) is 32.6 Å². The van der Waals surface area contributed by atoms with Crippen LogP contribution in [0.15, 0.2) is 34.2 Å². The van der Waals surface area contributed by atoms with Gasteiger partial charge in [-0.3, -0.25) is 4.99 Å². The molecular weight excluding hydrogens is 337 g/mol. The van der Waals surface area contributed by atoms with E-state index in [1.54, 1.807) is 11.8 Å². The molecule has 1 aromatic carbocycles. The highest BCUT2D eigenvalue weighted by Crippen LogP contribution is 2.48. The number of guanidine groups is 1. The molecule has 0 aromatic heterocycles. The van der Waals surface area contributed by atoms with Crippen LogP contribution in [-0.2, 0) is 4.74 Å². The zero-order valence-corrected chi connectivity index (χ0v) is 16.1. The van der Waals surface area contributed by atoms with Gasteiger partial charge in [0.15, 0.2) is 5.96 Å². The van der Waals surface area contributed by atoms with Crippen LogP contribution in [0.3, 0.4) is 0 Å². The summed E-state index contributed by atoms with van der Waals surface area (Å²) in [6.07, 6.45) is 4.70. The summed E-state index contributed by atoms with van der Waals surface area (Å²) in [4.78, 5) is 5.40. The number of halogens is 1. The van der Waals surface area contributed by atoms with Crippen molar-refractivity contribution in [3.63, 3.8) is 0 Å². The molecule has 0 aliphatic heterocycles. The molecule has 2 N–H and O–H groups in total. The number of benzene rings is 1. The van der Waals surface area contributed by atoms with Crippen molar-refractivity contribution in [1.82, 2.24) is 10.6 Å². The lowest BCUT2D eigenvalue weighted by molar-refractivity contribution is 0.128. The Bertz CT molecular complexity index is 532. The Balaban J connectivity index is 1.57. The Kier molecular flexibility index (Phi) is 8.55. The van der Waals surface area contributed by atoms with Gasteiger partial charge in [-0.25, -0.2) is 4.39 Å². The molecule has 1 fully saturated rings. The van der Waals surface area contributed by atoms with Gasteiger partial charge in [0.05, 0.1) is 0 Å². The molecule has 0 spiro atoms. The third kappa shape index (κ3) is 7.65. The Labute approximate surface area is 155 Å². The molecule has 1 saturated carbocycles. The zero-order chi connectivity index (χ0) is 18.0. The lowest BCUT2D eigenvalue weighted by atomic mass is 10.0. The van der Waals surface area contributed by atoms with Gasteiger partial charge < -0.3 is 15.4 Å². The number of hydrogen-bond donors (Lipinski definition) is 2. The highest BCUT2D eigenvalue weighted by Gasteiger charge is 2.41. The van der Waals surface area contributed by atoms with E-state index in [9.17, 15) is 4.39 Å². The normalized spacial score (nSPS) is 15.9. The van der Waals surface area contributed by atoms with Gasteiger partial charge in [0.25, 0.3) is 0 Å². The summed E-state index contributed by atoms with van der Waals surface area (Å²) in [6, 6.07) is 6.66. The second kappa shape index (κ2) is 10.7. The van der Waals surface area contributed by atoms with Crippen molar-refractivity contribution in [1.29, 1.82) is 0 Å². The number of rotatable bonds is 11. The van der Waals surface area contributed by atoms with Crippen LogP contribution in [0.2, 0.25) is 0 Å². The SMILES string of the molecule is CCOCCC1(CNC(=NC)NCCCSc2ccc(F)cc2)CC1. The molecule has 140 valence electrons. The predicted octanol–water partition coefficient (Wildman–Crippen LogP) is 3.68. The van der Waals surface area contributed by atoms with Gasteiger partial charge >= 0.3 is 0 Å². The maximum Gasteiger partial charge on any atom is 0.190 e. The monoisotopic (exact) mass is 367 g/mol. The second-order valence-corrected chi connectivity index (χ2v) is 7.62. The van der Waals surface area contributed by atoms with Crippen molar-refractivity contribution in [2.45, 2.75) is 37.5 Å². The Morgan fingerprint density at radius 3 is 2.68 bits per heavy atom. The maximum atomic E-state index is 12.9. The lowest BCUT2D eigenvalue weighted by Crippen LogP contribution is -2.41. The minimum absolute atomic E-state index is 0.185. The molecule has 0 radical (unpaired) electrons. The van der Waals surface area contributed by atoms with E-state index in [0.717, 1.165) is 55.8 Å². The number of aliphatic imine (C=N–C) groups is 1. The third-order valence-corrected chi connectivity index (χ3v) is 5.59. The molecule has 1 aliphatic rings. The average Bonchev–Trinajstić information content (AvgIpc) is 3.39. The van der Waals surface area contributed by atoms with E-state index in [2.05, 4.69) is 15.6 Å². The van der Waals surface area contributed by atoms with Gasteiger partial charge in [0.1, 0.15) is 5.82 Å². The van der Waals surface area contributed by atoms with Crippen molar-refractivity contribution < 1.29 is 9.13 Å². The molecule has 1 aromatic rings. The molecule has 0 unspecified atom stereocenters. The van der Waals surface area contributed by atoms with E-state index in [0.29, 0.717) is 5.41 Å². The zero-order valence-electron chi connectivity index (χ0n) is 15.3. The first kappa shape index (κ1) is 20.0. The summed E-state index contributed by atoms with van der Waals surface area (Å²) in [6.45, 7) is 5.52. The van der Waals surface area contributed by atoms with Gasteiger partial charge in [-0.05, 0) is 68.0 Å². The van der Waals surface area contributed by atoms with Gasteiger partial charge in [-0.2, -0.15) is 0 Å². The van der Waals surface area contributed by atoms with Crippen LogP contribution in [0.5, 0.6) is 0 Å². The first-order chi connectivity index (χ1) is 12.2. The third-order valence-electron chi connectivity index (χ3n) is 4.49. The Morgan fingerprint density at radius 2 is 2.04 bits per heavy atom. The number of hydrogen-bond acceptors (Lipinski definition) is 3. The van der Waals surface area contributed by atoms with Crippen molar-refractivity contribution >= 4 is 17.7 Å². The van der Waals surface area contributed by atoms with E-state index >= 15 is 0 Å². The summed E-state index contributed by atoms with van der Waals surface area (Å²) < 4.78 is 18.3. The quantitative estimate of drug-likeness (QED) is 0.271. The molecule has 0 atom stereocenters. The fourth-order valence-corrected chi connectivity index (χ4v) is 3.47. The van der Waals surface area contributed by atoms with Crippen molar-refractivity contribution in [2.24, 2.45) is 10.4 Å².